The van der Waals surface area contributed by atoms with E-state index in [0.717, 1.165) is 6.42 Å². The first kappa shape index (κ1) is 35.4. The maximum atomic E-state index is 3.53. The Balaban J connectivity index is 0.000000712. The number of hydrogen-bond acceptors (Lipinski definition) is 0. The third-order valence-electron chi connectivity index (χ3n) is 6.83. The Kier molecular flexibility index (Phi) is 13.2. The van der Waals surface area contributed by atoms with Gasteiger partial charge < -0.3 is 24.8 Å². The van der Waals surface area contributed by atoms with Crippen molar-refractivity contribution in [2.24, 2.45) is 11.3 Å². The first-order valence-corrected chi connectivity index (χ1v) is 12.7. The van der Waals surface area contributed by atoms with Crippen molar-refractivity contribution in [3.05, 3.63) is 82.5 Å². The van der Waals surface area contributed by atoms with Crippen LogP contribution >= 0.6 is 0 Å². The summed E-state index contributed by atoms with van der Waals surface area (Å²) in [6, 6.07) is 15.1. The van der Waals surface area contributed by atoms with Gasteiger partial charge in [0.15, 0.2) is 0 Å². The van der Waals surface area contributed by atoms with E-state index in [9.17, 15) is 0 Å². The van der Waals surface area contributed by atoms with Gasteiger partial charge in [-0.3, -0.25) is 6.08 Å². The predicted octanol–water partition coefficient (Wildman–Crippen LogP) is 3.41. The molecule has 2 aliphatic carbocycles. The zero-order chi connectivity index (χ0) is 24.6. The smallest absolute Gasteiger partial charge is 1.00 e. The molecule has 2 aromatic carbocycles. The average Bonchev–Trinajstić information content (AvgIpc) is 3.31. The molecule has 0 saturated carbocycles. The third-order valence-corrected chi connectivity index (χ3v) is 6.83. The van der Waals surface area contributed by atoms with E-state index in [1.165, 1.54) is 51.8 Å². The van der Waals surface area contributed by atoms with E-state index in [1.54, 1.807) is 0 Å². The van der Waals surface area contributed by atoms with Crippen LogP contribution in [0.5, 0.6) is 0 Å². The van der Waals surface area contributed by atoms with E-state index in [1.807, 2.05) is 0 Å². The third kappa shape index (κ3) is 8.71. The molecule has 3 heteroatoms. The van der Waals surface area contributed by atoms with Gasteiger partial charge in [0.1, 0.15) is 0 Å². The predicted molar refractivity (Wildman–Crippen MR) is 145 cm³/mol. The van der Waals surface area contributed by atoms with E-state index < -0.39 is 0 Å². The summed E-state index contributed by atoms with van der Waals surface area (Å²) in [6.45, 7) is 22.6. The molecule has 0 bridgehead atoms. The molecule has 0 heterocycles. The SMILES string of the molecule is CC(C)(C)c1c[c-]c2c(c1)-c1cc(C(C)(C)C)ccc1C2.CCCC1[C-]=CC(C(C)(C)C)=C1.[Cl-].[Cl-].[Zr+4]. The van der Waals surface area contributed by atoms with Crippen LogP contribution in [0.25, 0.3) is 11.1 Å². The Labute approximate surface area is 253 Å². The second-order valence-electron chi connectivity index (χ2n) is 12.9. The maximum Gasteiger partial charge on any atom is 4.00 e. The Morgan fingerprint density at radius 2 is 1.39 bits per heavy atom. The van der Waals surface area contributed by atoms with Gasteiger partial charge in [0.25, 0.3) is 0 Å². The van der Waals surface area contributed by atoms with Gasteiger partial charge in [0.05, 0.1) is 0 Å². The number of rotatable bonds is 2. The fourth-order valence-electron chi connectivity index (χ4n) is 4.44. The molecule has 0 fully saturated rings. The van der Waals surface area contributed by atoms with Gasteiger partial charge in [-0.2, -0.15) is 41.0 Å². The van der Waals surface area contributed by atoms with Crippen LogP contribution in [0.15, 0.2) is 48.1 Å². The Morgan fingerprint density at radius 3 is 1.89 bits per heavy atom. The zero-order valence-corrected chi connectivity index (χ0v) is 28.0. The normalized spacial score (nSPS) is 15.8. The molecule has 1 atom stereocenters. The number of benzene rings is 2. The molecule has 0 aromatic heterocycles. The average molecular weight is 603 g/mol. The van der Waals surface area contributed by atoms with Crippen molar-refractivity contribution >= 4 is 0 Å². The largest absolute Gasteiger partial charge is 4.00 e. The number of allylic oxidation sites excluding steroid dienone is 4. The minimum Gasteiger partial charge on any atom is -1.00 e. The molecular weight excluding hydrogens is 558 g/mol. The summed E-state index contributed by atoms with van der Waals surface area (Å²) in [5.41, 5.74) is 10.5. The maximum absolute atomic E-state index is 3.53. The van der Waals surface area contributed by atoms with Gasteiger partial charge >= 0.3 is 26.2 Å². The van der Waals surface area contributed by atoms with Crippen LogP contribution in [0.1, 0.15) is 104 Å². The van der Waals surface area contributed by atoms with Crippen LogP contribution in [0.3, 0.4) is 0 Å². The molecule has 0 spiro atoms. The van der Waals surface area contributed by atoms with Crippen molar-refractivity contribution in [3.8, 4) is 11.1 Å². The van der Waals surface area contributed by atoms with Gasteiger partial charge in [-0.1, -0.05) is 128 Å². The molecule has 194 valence electrons. The van der Waals surface area contributed by atoms with Crippen molar-refractivity contribution < 1.29 is 51.0 Å². The quantitative estimate of drug-likeness (QED) is 0.395. The van der Waals surface area contributed by atoms with Gasteiger partial charge in [0.2, 0.25) is 0 Å². The molecular formula is C33H44Cl2Zr. The van der Waals surface area contributed by atoms with Gasteiger partial charge in [-0.05, 0) is 17.4 Å². The fraction of sp³-hybridized carbons (Fsp3) is 0.515. The molecule has 0 N–H and O–H groups in total. The van der Waals surface area contributed by atoms with Crippen molar-refractivity contribution in [1.29, 1.82) is 0 Å². The Morgan fingerprint density at radius 1 is 0.806 bits per heavy atom. The van der Waals surface area contributed by atoms with E-state index in [4.69, 9.17) is 0 Å². The van der Waals surface area contributed by atoms with Crippen LogP contribution in [-0.4, -0.2) is 0 Å². The summed E-state index contributed by atoms with van der Waals surface area (Å²) in [5.74, 6) is 0.587. The van der Waals surface area contributed by atoms with Crippen LogP contribution < -0.4 is 24.8 Å². The van der Waals surface area contributed by atoms with Crippen LogP contribution in [0.2, 0.25) is 0 Å². The standard InChI is InChI=1S/C21H25.C12H19.2ClH.Zr/c1-20(2,3)16-9-7-14-11-15-8-10-17(21(4,5)6)13-19(15)18(14)12-16;1-5-6-10-7-8-11(9-10)12(2,3)4;;;/h7,9-10,12-13H,11H2,1-6H3;8-10H,5-6H2,1-4H3;2*1H;/q2*-1;;;+4/p-2. The second-order valence-corrected chi connectivity index (χ2v) is 12.9. The molecule has 36 heavy (non-hydrogen) atoms. The van der Waals surface area contributed by atoms with Crippen molar-refractivity contribution in [2.45, 2.75) is 99.3 Å². The molecule has 2 aliphatic rings. The summed E-state index contributed by atoms with van der Waals surface area (Å²) in [7, 11) is 0. The van der Waals surface area contributed by atoms with Crippen molar-refractivity contribution in [1.82, 2.24) is 0 Å². The molecule has 0 radical (unpaired) electrons. The summed E-state index contributed by atoms with van der Waals surface area (Å²) in [6.07, 6.45) is 11.5. The van der Waals surface area contributed by atoms with E-state index in [2.05, 4.69) is 124 Å². The van der Waals surface area contributed by atoms with Gasteiger partial charge in [-0.25, -0.2) is 6.08 Å². The fourth-order valence-corrected chi connectivity index (χ4v) is 4.44. The summed E-state index contributed by atoms with van der Waals surface area (Å²) < 4.78 is 0. The minimum absolute atomic E-state index is 0. The van der Waals surface area contributed by atoms with Crippen LogP contribution in [0, 0.1) is 23.5 Å². The summed E-state index contributed by atoms with van der Waals surface area (Å²) in [5, 5.41) is 0. The van der Waals surface area contributed by atoms with Gasteiger partial charge in [0, 0.05) is 0 Å². The summed E-state index contributed by atoms with van der Waals surface area (Å²) >= 11 is 0. The van der Waals surface area contributed by atoms with E-state index in [0.29, 0.717) is 11.3 Å². The molecule has 0 amide bonds. The van der Waals surface area contributed by atoms with Crippen LogP contribution in [-0.2, 0) is 43.5 Å². The Bertz CT molecular complexity index is 995. The van der Waals surface area contributed by atoms with Crippen molar-refractivity contribution in [3.63, 3.8) is 0 Å². The summed E-state index contributed by atoms with van der Waals surface area (Å²) in [4.78, 5) is 0. The molecule has 0 saturated heterocycles. The van der Waals surface area contributed by atoms with Gasteiger partial charge in [-0.15, -0.1) is 5.56 Å². The first-order chi connectivity index (χ1) is 15.2. The zero-order valence-electron chi connectivity index (χ0n) is 24.0. The van der Waals surface area contributed by atoms with E-state index >= 15 is 0 Å². The topological polar surface area (TPSA) is 0 Å². The molecule has 0 nitrogen and oxygen atoms in total. The van der Waals surface area contributed by atoms with Crippen molar-refractivity contribution in [2.75, 3.05) is 0 Å². The van der Waals surface area contributed by atoms with Crippen LogP contribution in [0.4, 0.5) is 0 Å². The van der Waals surface area contributed by atoms with E-state index in [-0.39, 0.29) is 61.8 Å². The number of hydrogen-bond donors (Lipinski definition) is 0. The molecule has 1 unspecified atom stereocenters. The molecule has 0 aliphatic heterocycles. The monoisotopic (exact) mass is 600 g/mol. The number of halogens is 2. The first-order valence-electron chi connectivity index (χ1n) is 12.7. The number of fused-ring (bicyclic) bond motifs is 3. The molecule has 4 rings (SSSR count). The Hall–Kier alpha value is -0.617. The minimum atomic E-state index is 0. The molecule has 2 aromatic rings. The second kappa shape index (κ2) is 13.4.